The lowest BCUT2D eigenvalue weighted by molar-refractivity contribution is -0.0974. The van der Waals surface area contributed by atoms with Crippen molar-refractivity contribution in [2.24, 2.45) is 0 Å². The van der Waals surface area contributed by atoms with E-state index in [4.69, 9.17) is 9.47 Å². The molecule has 0 fully saturated rings. The summed E-state index contributed by atoms with van der Waals surface area (Å²) in [6, 6.07) is 4.00. The largest absolute Gasteiger partial charge is 0.354 e. The molecule has 0 atom stereocenters. The third kappa shape index (κ3) is 4.21. The van der Waals surface area contributed by atoms with Gasteiger partial charge in [0.2, 0.25) is 0 Å². The summed E-state index contributed by atoms with van der Waals surface area (Å²) in [5.74, 6) is -0.647. The molecule has 1 rings (SSSR count). The molecule has 0 saturated heterocycles. The van der Waals surface area contributed by atoms with Crippen molar-refractivity contribution in [3.05, 3.63) is 33.1 Å². The minimum atomic E-state index is -0.489. The molecular weight excluding hydrogens is 340 g/mol. The molecule has 0 aliphatic rings. The Balaban J connectivity index is 2.64. The highest BCUT2D eigenvalue weighted by Crippen LogP contribution is 2.13. The van der Waals surface area contributed by atoms with Crippen LogP contribution in [0, 0.1) is 9.39 Å². The van der Waals surface area contributed by atoms with E-state index in [2.05, 4.69) is 5.32 Å². The maximum absolute atomic E-state index is 12.9. The summed E-state index contributed by atoms with van der Waals surface area (Å²) < 4.78 is 23.3. The summed E-state index contributed by atoms with van der Waals surface area (Å²) in [5, 5.41) is 2.64. The van der Waals surface area contributed by atoms with Crippen molar-refractivity contribution in [2.45, 2.75) is 6.29 Å². The zero-order chi connectivity index (χ0) is 12.8. The number of halogens is 2. The molecule has 4 nitrogen and oxygen atoms in total. The van der Waals surface area contributed by atoms with E-state index in [9.17, 15) is 9.18 Å². The molecule has 0 unspecified atom stereocenters. The molecule has 6 heteroatoms. The smallest absolute Gasteiger partial charge is 0.252 e. The highest BCUT2D eigenvalue weighted by molar-refractivity contribution is 14.1. The van der Waals surface area contributed by atoms with Crippen LogP contribution in [0.15, 0.2) is 18.2 Å². The third-order valence-corrected chi connectivity index (χ3v) is 3.02. The van der Waals surface area contributed by atoms with Gasteiger partial charge in [0.05, 0.1) is 12.1 Å². The average Bonchev–Trinajstić information content (AvgIpc) is 2.30. The molecule has 0 aliphatic heterocycles. The van der Waals surface area contributed by atoms with Crippen LogP contribution >= 0.6 is 22.6 Å². The molecule has 0 heterocycles. The molecule has 0 radical (unpaired) electrons. The van der Waals surface area contributed by atoms with Gasteiger partial charge in [0.25, 0.3) is 5.91 Å². The van der Waals surface area contributed by atoms with Gasteiger partial charge in [0.1, 0.15) is 5.82 Å². The van der Waals surface area contributed by atoms with E-state index in [1.807, 2.05) is 22.6 Å². The minimum absolute atomic E-state index is 0.235. The first-order chi connectivity index (χ1) is 8.08. The van der Waals surface area contributed by atoms with Gasteiger partial charge < -0.3 is 14.8 Å². The maximum Gasteiger partial charge on any atom is 0.252 e. The SMILES string of the molecule is COC(CNC(=O)c1ccc(F)cc1I)OC. The number of rotatable bonds is 5. The van der Waals surface area contributed by atoms with Crippen molar-refractivity contribution in [3.8, 4) is 0 Å². The zero-order valence-corrected chi connectivity index (χ0v) is 11.7. The first-order valence-corrected chi connectivity index (χ1v) is 5.95. The number of hydrogen-bond donors (Lipinski definition) is 1. The third-order valence-electron chi connectivity index (χ3n) is 2.13. The van der Waals surface area contributed by atoms with E-state index in [-0.39, 0.29) is 18.3 Å². The van der Waals surface area contributed by atoms with Gasteiger partial charge in [0, 0.05) is 17.8 Å². The van der Waals surface area contributed by atoms with E-state index in [1.54, 1.807) is 0 Å². The lowest BCUT2D eigenvalue weighted by atomic mass is 10.2. The molecule has 0 spiro atoms. The van der Waals surface area contributed by atoms with Gasteiger partial charge in [-0.1, -0.05) is 0 Å². The van der Waals surface area contributed by atoms with Crippen LogP contribution in [0.5, 0.6) is 0 Å². The molecule has 17 heavy (non-hydrogen) atoms. The van der Waals surface area contributed by atoms with E-state index < -0.39 is 6.29 Å². The van der Waals surface area contributed by atoms with Crippen molar-refractivity contribution >= 4 is 28.5 Å². The van der Waals surface area contributed by atoms with Crippen LogP contribution in [-0.4, -0.2) is 33.0 Å². The van der Waals surface area contributed by atoms with Gasteiger partial charge in [-0.05, 0) is 40.8 Å². The minimum Gasteiger partial charge on any atom is -0.354 e. The van der Waals surface area contributed by atoms with Crippen LogP contribution in [0.1, 0.15) is 10.4 Å². The first-order valence-electron chi connectivity index (χ1n) is 4.87. The van der Waals surface area contributed by atoms with Crippen molar-refractivity contribution in [3.63, 3.8) is 0 Å². The Hall–Kier alpha value is -0.730. The van der Waals surface area contributed by atoms with Crippen LogP contribution in [-0.2, 0) is 9.47 Å². The summed E-state index contributed by atoms with van der Waals surface area (Å²) in [6.07, 6.45) is -0.489. The number of nitrogens with one attached hydrogen (secondary N) is 1. The Morgan fingerprint density at radius 3 is 2.65 bits per heavy atom. The molecular formula is C11H13FINO3. The Labute approximate surface area is 113 Å². The fourth-order valence-corrected chi connectivity index (χ4v) is 1.93. The van der Waals surface area contributed by atoms with Gasteiger partial charge in [-0.2, -0.15) is 0 Å². The van der Waals surface area contributed by atoms with Crippen molar-refractivity contribution in [1.82, 2.24) is 5.32 Å². The van der Waals surface area contributed by atoms with Crippen molar-refractivity contribution in [1.29, 1.82) is 0 Å². The molecule has 1 N–H and O–H groups in total. The molecule has 1 amide bonds. The molecule has 94 valence electrons. The van der Waals surface area contributed by atoms with Gasteiger partial charge in [-0.3, -0.25) is 4.79 Å². The van der Waals surface area contributed by atoms with Crippen molar-refractivity contribution < 1.29 is 18.7 Å². The number of hydrogen-bond acceptors (Lipinski definition) is 3. The van der Waals surface area contributed by atoms with Gasteiger partial charge in [0.15, 0.2) is 6.29 Å². The number of amides is 1. The Morgan fingerprint density at radius 1 is 1.47 bits per heavy atom. The highest BCUT2D eigenvalue weighted by Gasteiger charge is 2.12. The molecule has 0 saturated carbocycles. The molecule has 1 aromatic rings. The molecule has 1 aromatic carbocycles. The van der Waals surface area contributed by atoms with E-state index in [0.717, 1.165) is 0 Å². The molecule has 0 bridgehead atoms. The second-order valence-corrected chi connectivity index (χ2v) is 4.40. The lowest BCUT2D eigenvalue weighted by Crippen LogP contribution is -2.34. The number of carbonyl (C=O) groups is 1. The molecule has 0 aliphatic carbocycles. The quantitative estimate of drug-likeness (QED) is 0.649. The van der Waals surface area contributed by atoms with Crippen LogP contribution in [0.25, 0.3) is 0 Å². The van der Waals surface area contributed by atoms with Gasteiger partial charge >= 0.3 is 0 Å². The monoisotopic (exact) mass is 353 g/mol. The summed E-state index contributed by atoms with van der Waals surface area (Å²) >= 11 is 1.91. The van der Waals surface area contributed by atoms with Crippen LogP contribution < -0.4 is 5.32 Å². The number of carbonyl (C=O) groups excluding carboxylic acids is 1. The number of methoxy groups -OCH3 is 2. The standard InChI is InChI=1S/C11H13FINO3/c1-16-10(17-2)6-14-11(15)8-4-3-7(12)5-9(8)13/h3-5,10H,6H2,1-2H3,(H,14,15). The van der Waals surface area contributed by atoms with Gasteiger partial charge in [-0.15, -0.1) is 0 Å². The fourth-order valence-electron chi connectivity index (χ4n) is 1.21. The van der Waals surface area contributed by atoms with E-state index >= 15 is 0 Å². The highest BCUT2D eigenvalue weighted by atomic mass is 127. The predicted octanol–water partition coefficient (Wildman–Crippen LogP) is 1.78. The lowest BCUT2D eigenvalue weighted by Gasteiger charge is -2.14. The van der Waals surface area contributed by atoms with Gasteiger partial charge in [-0.25, -0.2) is 4.39 Å². The maximum atomic E-state index is 12.9. The molecule has 0 aromatic heterocycles. The Morgan fingerprint density at radius 2 is 2.12 bits per heavy atom. The normalized spacial score (nSPS) is 10.6. The second-order valence-electron chi connectivity index (χ2n) is 3.24. The summed E-state index contributed by atoms with van der Waals surface area (Å²) in [4.78, 5) is 11.8. The topological polar surface area (TPSA) is 47.6 Å². The van der Waals surface area contributed by atoms with Crippen LogP contribution in [0.4, 0.5) is 4.39 Å². The Kier molecular flexibility index (Phi) is 5.79. The van der Waals surface area contributed by atoms with Crippen LogP contribution in [0.2, 0.25) is 0 Å². The van der Waals surface area contributed by atoms with E-state index in [1.165, 1.54) is 32.4 Å². The second kappa shape index (κ2) is 6.87. The number of ether oxygens (including phenoxy) is 2. The van der Waals surface area contributed by atoms with Crippen LogP contribution in [0.3, 0.4) is 0 Å². The van der Waals surface area contributed by atoms with E-state index in [0.29, 0.717) is 9.13 Å². The zero-order valence-electron chi connectivity index (χ0n) is 9.50. The Bertz CT molecular complexity index is 396. The number of benzene rings is 1. The predicted molar refractivity (Wildman–Crippen MR) is 69.3 cm³/mol. The summed E-state index contributed by atoms with van der Waals surface area (Å²) in [6.45, 7) is 0.235. The fraction of sp³-hybridized carbons (Fsp3) is 0.364. The average molecular weight is 353 g/mol. The first kappa shape index (κ1) is 14.3. The summed E-state index contributed by atoms with van der Waals surface area (Å²) in [7, 11) is 2.98. The summed E-state index contributed by atoms with van der Waals surface area (Å²) in [5.41, 5.74) is 0.429. The van der Waals surface area contributed by atoms with Crippen molar-refractivity contribution in [2.75, 3.05) is 20.8 Å².